The molecular weight excluding hydrogens is 326 g/mol. The third kappa shape index (κ3) is 3.35. The van der Waals surface area contributed by atoms with Gasteiger partial charge in [-0.2, -0.15) is 0 Å². The highest BCUT2D eigenvalue weighted by atomic mass is 79.9. The Morgan fingerprint density at radius 1 is 1.32 bits per heavy atom. The molecule has 0 amide bonds. The molecule has 1 aromatic heterocycles. The normalized spacial score (nSPS) is 12.5. The van der Waals surface area contributed by atoms with Gasteiger partial charge >= 0.3 is 0 Å². The Bertz CT molecular complexity index is 577. The molecule has 1 heterocycles. The van der Waals surface area contributed by atoms with E-state index in [0.717, 1.165) is 26.7 Å². The van der Waals surface area contributed by atoms with Crippen LogP contribution in [0.3, 0.4) is 0 Å². The summed E-state index contributed by atoms with van der Waals surface area (Å²) < 4.78 is 1.09. The van der Waals surface area contributed by atoms with E-state index in [-0.39, 0.29) is 0 Å². The Balaban J connectivity index is 2.26. The van der Waals surface area contributed by atoms with Crippen molar-refractivity contribution in [2.24, 2.45) is 0 Å². The second-order valence-corrected chi connectivity index (χ2v) is 5.86. The lowest BCUT2D eigenvalue weighted by Crippen LogP contribution is -2.04. The van der Waals surface area contributed by atoms with Crippen molar-refractivity contribution >= 4 is 27.5 Å². The number of halogens is 2. The fourth-order valence-corrected chi connectivity index (χ4v) is 2.49. The van der Waals surface area contributed by atoms with Crippen LogP contribution in [0.1, 0.15) is 28.4 Å². The van der Waals surface area contributed by atoms with Crippen LogP contribution in [0.15, 0.2) is 35.1 Å². The first-order chi connectivity index (χ1) is 8.99. The van der Waals surface area contributed by atoms with E-state index in [1.807, 2.05) is 32.0 Å². The van der Waals surface area contributed by atoms with Crippen molar-refractivity contribution in [3.05, 3.63) is 62.3 Å². The number of nitrogens with zero attached hydrogens (tertiary/aromatic N) is 1. The summed E-state index contributed by atoms with van der Waals surface area (Å²) in [6, 6.07) is 5.83. The zero-order chi connectivity index (χ0) is 14.0. The first-order valence-corrected chi connectivity index (χ1v) is 7.19. The molecule has 19 heavy (non-hydrogen) atoms. The predicted molar refractivity (Wildman–Crippen MR) is 81.5 cm³/mol. The number of aryl methyl sites for hydroxylation is 2. The maximum absolute atomic E-state index is 10.3. The molecule has 2 aromatic rings. The highest BCUT2D eigenvalue weighted by molar-refractivity contribution is 9.10. The Kier molecular flexibility index (Phi) is 4.61. The third-order valence-corrected chi connectivity index (χ3v) is 4.70. The molecule has 1 aromatic carbocycles. The van der Waals surface area contributed by atoms with E-state index < -0.39 is 6.10 Å². The molecular formula is C15H15BrClNO. The summed E-state index contributed by atoms with van der Waals surface area (Å²) in [6.45, 7) is 4.04. The van der Waals surface area contributed by atoms with Crippen LogP contribution in [-0.4, -0.2) is 10.1 Å². The van der Waals surface area contributed by atoms with Crippen molar-refractivity contribution in [1.82, 2.24) is 4.98 Å². The summed E-state index contributed by atoms with van der Waals surface area (Å²) in [6.07, 6.45) is 3.21. The second-order valence-electron chi connectivity index (χ2n) is 4.66. The van der Waals surface area contributed by atoms with Gasteiger partial charge in [0.25, 0.3) is 0 Å². The molecule has 2 nitrogen and oxygen atoms in total. The summed E-state index contributed by atoms with van der Waals surface area (Å²) in [7, 11) is 0. The molecule has 1 unspecified atom stereocenters. The highest BCUT2D eigenvalue weighted by Crippen LogP contribution is 2.28. The maximum atomic E-state index is 10.3. The van der Waals surface area contributed by atoms with Crippen molar-refractivity contribution in [3.8, 4) is 0 Å². The molecule has 0 radical (unpaired) electrons. The van der Waals surface area contributed by atoms with Crippen LogP contribution < -0.4 is 0 Å². The van der Waals surface area contributed by atoms with Gasteiger partial charge in [-0.15, -0.1) is 0 Å². The van der Waals surface area contributed by atoms with Gasteiger partial charge in [-0.1, -0.05) is 39.7 Å². The van der Waals surface area contributed by atoms with Gasteiger partial charge < -0.3 is 5.11 Å². The second kappa shape index (κ2) is 6.04. The molecule has 0 bridgehead atoms. The van der Waals surface area contributed by atoms with Gasteiger partial charge in [0.05, 0.1) is 11.1 Å². The van der Waals surface area contributed by atoms with Crippen LogP contribution in [-0.2, 0) is 6.42 Å². The van der Waals surface area contributed by atoms with Crippen LogP contribution >= 0.6 is 27.5 Å². The van der Waals surface area contributed by atoms with E-state index in [4.69, 9.17) is 11.6 Å². The average molecular weight is 341 g/mol. The maximum Gasteiger partial charge on any atom is 0.0831 e. The summed E-state index contributed by atoms with van der Waals surface area (Å²) in [5.41, 5.74) is 4.05. The molecule has 100 valence electrons. The molecule has 1 atom stereocenters. The lowest BCUT2D eigenvalue weighted by Gasteiger charge is -2.15. The molecule has 2 rings (SSSR count). The number of benzene rings is 1. The van der Waals surface area contributed by atoms with Crippen LogP contribution in [0.25, 0.3) is 0 Å². The minimum Gasteiger partial charge on any atom is -0.388 e. The van der Waals surface area contributed by atoms with Crippen molar-refractivity contribution in [2.45, 2.75) is 26.4 Å². The fourth-order valence-electron chi connectivity index (χ4n) is 2.07. The van der Waals surface area contributed by atoms with Crippen molar-refractivity contribution in [3.63, 3.8) is 0 Å². The van der Waals surface area contributed by atoms with Gasteiger partial charge in [-0.3, -0.25) is 4.98 Å². The number of aliphatic hydroxyl groups is 1. The largest absolute Gasteiger partial charge is 0.388 e. The third-order valence-electron chi connectivity index (χ3n) is 3.11. The lowest BCUT2D eigenvalue weighted by molar-refractivity contribution is 0.178. The van der Waals surface area contributed by atoms with Crippen LogP contribution in [0, 0.1) is 13.8 Å². The van der Waals surface area contributed by atoms with Crippen LogP contribution in [0.2, 0.25) is 5.02 Å². The van der Waals surface area contributed by atoms with Gasteiger partial charge in [-0.05, 0) is 42.2 Å². The molecule has 0 aliphatic heterocycles. The Labute approximate surface area is 126 Å². The summed E-state index contributed by atoms with van der Waals surface area (Å²) in [4.78, 5) is 3.95. The topological polar surface area (TPSA) is 33.1 Å². The number of hydrogen-bond acceptors (Lipinski definition) is 2. The van der Waals surface area contributed by atoms with E-state index in [1.165, 1.54) is 0 Å². The average Bonchev–Trinajstić information content (AvgIpc) is 2.38. The van der Waals surface area contributed by atoms with E-state index in [9.17, 15) is 5.11 Å². The number of hydrogen-bond donors (Lipinski definition) is 1. The molecule has 4 heteroatoms. The number of rotatable bonds is 3. The van der Waals surface area contributed by atoms with Crippen molar-refractivity contribution < 1.29 is 5.11 Å². The number of pyridine rings is 1. The van der Waals surface area contributed by atoms with Gasteiger partial charge in [-0.25, -0.2) is 0 Å². The van der Waals surface area contributed by atoms with Crippen molar-refractivity contribution in [1.29, 1.82) is 0 Å². The van der Waals surface area contributed by atoms with Crippen molar-refractivity contribution in [2.75, 3.05) is 0 Å². The molecule has 0 spiro atoms. The molecule has 0 aliphatic rings. The molecule has 0 fully saturated rings. The number of aliphatic hydroxyl groups excluding tert-OH is 1. The fraction of sp³-hybridized carbons (Fsp3) is 0.267. The highest BCUT2D eigenvalue weighted by Gasteiger charge is 2.13. The molecule has 1 N–H and O–H groups in total. The van der Waals surface area contributed by atoms with Gasteiger partial charge in [0.2, 0.25) is 0 Å². The summed E-state index contributed by atoms with van der Waals surface area (Å²) >= 11 is 9.59. The lowest BCUT2D eigenvalue weighted by atomic mass is 9.98. The van der Waals surface area contributed by atoms with E-state index in [2.05, 4.69) is 20.9 Å². The van der Waals surface area contributed by atoms with E-state index in [0.29, 0.717) is 11.4 Å². The summed E-state index contributed by atoms with van der Waals surface area (Å²) in [5.74, 6) is 0. The minimum atomic E-state index is -0.564. The van der Waals surface area contributed by atoms with E-state index in [1.54, 1.807) is 12.4 Å². The standard InChI is InChI=1S/C15H15BrClNO/c1-9-5-12(6-10(2)15(9)16)14(19)7-11-3-4-18-8-13(11)17/h3-6,8,14,19H,7H2,1-2H3. The Morgan fingerprint density at radius 2 is 1.95 bits per heavy atom. The van der Waals surface area contributed by atoms with E-state index >= 15 is 0 Å². The van der Waals surface area contributed by atoms with Crippen LogP contribution in [0.5, 0.6) is 0 Å². The summed E-state index contributed by atoms with van der Waals surface area (Å²) in [5, 5.41) is 10.9. The number of aromatic nitrogens is 1. The predicted octanol–water partition coefficient (Wildman–Crippen LogP) is 4.39. The first-order valence-electron chi connectivity index (χ1n) is 6.02. The van der Waals surface area contributed by atoms with Gasteiger partial charge in [0.15, 0.2) is 0 Å². The van der Waals surface area contributed by atoms with Gasteiger partial charge in [0.1, 0.15) is 0 Å². The zero-order valence-corrected chi connectivity index (χ0v) is 13.2. The SMILES string of the molecule is Cc1cc(C(O)Cc2ccncc2Cl)cc(C)c1Br. The minimum absolute atomic E-state index is 0.488. The zero-order valence-electron chi connectivity index (χ0n) is 10.8. The van der Waals surface area contributed by atoms with Gasteiger partial charge in [0, 0.05) is 23.3 Å². The first kappa shape index (κ1) is 14.5. The molecule has 0 aliphatic carbocycles. The van der Waals surface area contributed by atoms with Crippen LogP contribution in [0.4, 0.5) is 0 Å². The smallest absolute Gasteiger partial charge is 0.0831 e. The Morgan fingerprint density at radius 3 is 2.53 bits per heavy atom. The monoisotopic (exact) mass is 339 g/mol. The molecule has 0 saturated carbocycles. The quantitative estimate of drug-likeness (QED) is 0.899. The molecule has 0 saturated heterocycles. The Hall–Kier alpha value is -0.900.